The van der Waals surface area contributed by atoms with E-state index in [1.807, 2.05) is 0 Å². The average molecular weight is 326 g/mol. The minimum atomic E-state index is 0.199. The molecule has 3 nitrogen and oxygen atoms in total. The second-order valence-corrected chi connectivity index (χ2v) is 7.70. The van der Waals surface area contributed by atoms with Gasteiger partial charge in [-0.3, -0.25) is 4.79 Å². The minimum absolute atomic E-state index is 0.199. The summed E-state index contributed by atoms with van der Waals surface area (Å²) in [7, 11) is 0. The number of amides is 1. The molecule has 0 bridgehead atoms. The standard InChI is InChI=1S/C21H30N2O/c1-15(2)13-23-21(24)12-18(16-8-4-3-5-9-16)19-14-22-20-11-7-6-10-17(19)20/h6-7,10-11,14-16,18,22H,3-5,8-9,12-13H2,1-2H3,(H,23,24). The number of H-pyrrole nitrogens is 1. The van der Waals surface area contributed by atoms with Gasteiger partial charge in [0.2, 0.25) is 5.91 Å². The summed E-state index contributed by atoms with van der Waals surface area (Å²) in [5.74, 6) is 1.65. The lowest BCUT2D eigenvalue weighted by Gasteiger charge is -2.30. The van der Waals surface area contributed by atoms with E-state index in [2.05, 4.69) is 54.6 Å². The number of fused-ring (bicyclic) bond motifs is 1. The Kier molecular flexibility index (Phi) is 5.60. The summed E-state index contributed by atoms with van der Waals surface area (Å²) in [4.78, 5) is 15.9. The molecule has 0 saturated heterocycles. The number of para-hydroxylation sites is 1. The van der Waals surface area contributed by atoms with Crippen LogP contribution in [0.15, 0.2) is 30.5 Å². The Morgan fingerprint density at radius 3 is 2.71 bits per heavy atom. The fourth-order valence-corrected chi connectivity index (χ4v) is 4.06. The van der Waals surface area contributed by atoms with Crippen LogP contribution in [0.5, 0.6) is 0 Å². The molecule has 3 rings (SSSR count). The van der Waals surface area contributed by atoms with Crippen molar-refractivity contribution < 1.29 is 4.79 Å². The van der Waals surface area contributed by atoms with Crippen LogP contribution < -0.4 is 5.32 Å². The van der Waals surface area contributed by atoms with Gasteiger partial charge in [-0.05, 0) is 42.2 Å². The fourth-order valence-electron chi connectivity index (χ4n) is 4.06. The molecule has 1 heterocycles. The Balaban J connectivity index is 1.83. The number of nitrogens with one attached hydrogen (secondary N) is 2. The van der Waals surface area contributed by atoms with Gasteiger partial charge in [0, 0.05) is 30.1 Å². The zero-order valence-corrected chi connectivity index (χ0v) is 15.0. The van der Waals surface area contributed by atoms with E-state index in [1.165, 1.54) is 48.6 Å². The Bertz CT molecular complexity index is 667. The summed E-state index contributed by atoms with van der Waals surface area (Å²) in [6.07, 6.45) is 9.20. The van der Waals surface area contributed by atoms with E-state index in [0.717, 1.165) is 6.54 Å². The number of hydrogen-bond acceptors (Lipinski definition) is 1. The quantitative estimate of drug-likeness (QED) is 0.771. The lowest BCUT2D eigenvalue weighted by atomic mass is 9.75. The topological polar surface area (TPSA) is 44.9 Å². The molecular formula is C21H30N2O. The maximum absolute atomic E-state index is 12.5. The number of carbonyl (C=O) groups excluding carboxylic acids is 1. The summed E-state index contributed by atoms with van der Waals surface area (Å²) in [5.41, 5.74) is 2.51. The van der Waals surface area contributed by atoms with Gasteiger partial charge < -0.3 is 10.3 Å². The molecular weight excluding hydrogens is 296 g/mol. The van der Waals surface area contributed by atoms with Crippen LogP contribution in [-0.4, -0.2) is 17.4 Å². The van der Waals surface area contributed by atoms with Crippen LogP contribution in [0.3, 0.4) is 0 Å². The normalized spacial score (nSPS) is 17.3. The molecule has 0 spiro atoms. The second kappa shape index (κ2) is 7.87. The van der Waals surface area contributed by atoms with E-state index in [1.54, 1.807) is 0 Å². The SMILES string of the molecule is CC(C)CNC(=O)CC(c1c[nH]c2ccccc12)C1CCCCC1. The summed E-state index contributed by atoms with van der Waals surface area (Å²) in [5, 5.41) is 4.39. The van der Waals surface area contributed by atoms with Gasteiger partial charge in [-0.1, -0.05) is 51.3 Å². The second-order valence-electron chi connectivity index (χ2n) is 7.70. The van der Waals surface area contributed by atoms with Crippen molar-refractivity contribution in [3.05, 3.63) is 36.0 Å². The average Bonchev–Trinajstić information content (AvgIpc) is 3.02. The highest BCUT2D eigenvalue weighted by Gasteiger charge is 2.28. The van der Waals surface area contributed by atoms with Crippen molar-refractivity contribution in [3.63, 3.8) is 0 Å². The largest absolute Gasteiger partial charge is 0.361 e. The summed E-state index contributed by atoms with van der Waals surface area (Å²) in [6, 6.07) is 8.46. The van der Waals surface area contributed by atoms with Gasteiger partial charge in [0.05, 0.1) is 0 Å². The van der Waals surface area contributed by atoms with Gasteiger partial charge in [0.25, 0.3) is 0 Å². The Labute approximate surface area is 145 Å². The molecule has 1 saturated carbocycles. The molecule has 1 aromatic carbocycles. The summed E-state index contributed by atoms with van der Waals surface area (Å²) >= 11 is 0. The summed E-state index contributed by atoms with van der Waals surface area (Å²) < 4.78 is 0. The van der Waals surface area contributed by atoms with Gasteiger partial charge in [0.15, 0.2) is 0 Å². The molecule has 2 N–H and O–H groups in total. The van der Waals surface area contributed by atoms with E-state index >= 15 is 0 Å². The van der Waals surface area contributed by atoms with Crippen molar-refractivity contribution >= 4 is 16.8 Å². The van der Waals surface area contributed by atoms with Crippen LogP contribution in [0.2, 0.25) is 0 Å². The van der Waals surface area contributed by atoms with Crippen LogP contribution in [0.4, 0.5) is 0 Å². The zero-order chi connectivity index (χ0) is 16.9. The number of carbonyl (C=O) groups is 1. The minimum Gasteiger partial charge on any atom is -0.361 e. The molecule has 1 fully saturated rings. The first kappa shape index (κ1) is 17.1. The summed E-state index contributed by atoms with van der Waals surface area (Å²) in [6.45, 7) is 5.04. The zero-order valence-electron chi connectivity index (χ0n) is 15.0. The smallest absolute Gasteiger partial charge is 0.220 e. The molecule has 1 aliphatic rings. The number of aromatic amines is 1. The highest BCUT2D eigenvalue weighted by Crippen LogP contribution is 2.40. The lowest BCUT2D eigenvalue weighted by Crippen LogP contribution is -2.30. The number of aromatic nitrogens is 1. The molecule has 1 unspecified atom stereocenters. The molecule has 3 heteroatoms. The molecule has 1 aliphatic carbocycles. The predicted octanol–water partition coefficient (Wildman–Crippen LogP) is 4.99. The van der Waals surface area contributed by atoms with Gasteiger partial charge in [-0.2, -0.15) is 0 Å². The van der Waals surface area contributed by atoms with E-state index < -0.39 is 0 Å². The highest BCUT2D eigenvalue weighted by atomic mass is 16.1. The molecule has 0 aliphatic heterocycles. The molecule has 0 radical (unpaired) electrons. The van der Waals surface area contributed by atoms with Crippen molar-refractivity contribution in [3.8, 4) is 0 Å². The molecule has 1 aromatic heterocycles. The van der Waals surface area contributed by atoms with Gasteiger partial charge in [-0.15, -0.1) is 0 Å². The van der Waals surface area contributed by atoms with E-state index in [4.69, 9.17) is 0 Å². The van der Waals surface area contributed by atoms with Crippen molar-refractivity contribution in [1.82, 2.24) is 10.3 Å². The van der Waals surface area contributed by atoms with Crippen molar-refractivity contribution in [2.75, 3.05) is 6.54 Å². The molecule has 24 heavy (non-hydrogen) atoms. The van der Waals surface area contributed by atoms with Crippen LogP contribution in [-0.2, 0) is 4.79 Å². The number of hydrogen-bond donors (Lipinski definition) is 2. The molecule has 2 aromatic rings. The number of benzene rings is 1. The first-order valence-electron chi connectivity index (χ1n) is 9.48. The maximum atomic E-state index is 12.5. The molecule has 130 valence electrons. The monoisotopic (exact) mass is 326 g/mol. The van der Waals surface area contributed by atoms with Crippen molar-refractivity contribution in [1.29, 1.82) is 0 Å². The lowest BCUT2D eigenvalue weighted by molar-refractivity contribution is -0.122. The first-order valence-corrected chi connectivity index (χ1v) is 9.48. The predicted molar refractivity (Wildman–Crippen MR) is 100 cm³/mol. The fraction of sp³-hybridized carbons (Fsp3) is 0.571. The Hall–Kier alpha value is -1.77. The van der Waals surface area contributed by atoms with Gasteiger partial charge >= 0.3 is 0 Å². The van der Waals surface area contributed by atoms with Crippen LogP contribution in [0.25, 0.3) is 10.9 Å². The van der Waals surface area contributed by atoms with E-state index in [-0.39, 0.29) is 5.91 Å². The van der Waals surface area contributed by atoms with Gasteiger partial charge in [0.1, 0.15) is 0 Å². The van der Waals surface area contributed by atoms with Gasteiger partial charge in [-0.25, -0.2) is 0 Å². The third-order valence-corrected chi connectivity index (χ3v) is 5.35. The Morgan fingerprint density at radius 1 is 1.21 bits per heavy atom. The first-order chi connectivity index (χ1) is 11.6. The maximum Gasteiger partial charge on any atom is 0.220 e. The van der Waals surface area contributed by atoms with Crippen molar-refractivity contribution in [2.24, 2.45) is 11.8 Å². The van der Waals surface area contributed by atoms with Crippen LogP contribution in [0.1, 0.15) is 63.9 Å². The molecule has 1 atom stereocenters. The van der Waals surface area contributed by atoms with E-state index in [0.29, 0.717) is 24.2 Å². The van der Waals surface area contributed by atoms with Crippen LogP contribution in [0, 0.1) is 11.8 Å². The third-order valence-electron chi connectivity index (χ3n) is 5.35. The Morgan fingerprint density at radius 2 is 1.96 bits per heavy atom. The van der Waals surface area contributed by atoms with Crippen molar-refractivity contribution in [2.45, 2.75) is 58.3 Å². The van der Waals surface area contributed by atoms with Crippen LogP contribution >= 0.6 is 0 Å². The third kappa shape index (κ3) is 4.00. The van der Waals surface area contributed by atoms with E-state index in [9.17, 15) is 4.79 Å². The number of rotatable bonds is 6. The highest BCUT2D eigenvalue weighted by molar-refractivity contribution is 5.85. The molecule has 1 amide bonds.